The van der Waals surface area contributed by atoms with Crippen LogP contribution in [-0.4, -0.2) is 77.8 Å². The Morgan fingerprint density at radius 1 is 0.800 bits per heavy atom. The average Bonchev–Trinajstić information content (AvgIpc) is 3.43. The van der Waals surface area contributed by atoms with E-state index in [0.29, 0.717) is 12.4 Å². The summed E-state index contributed by atoms with van der Waals surface area (Å²) in [6.45, 7) is 20.6. The van der Waals surface area contributed by atoms with Crippen LogP contribution in [0.4, 0.5) is 15.4 Å². The maximum Gasteiger partial charge on any atom is 0.410 e. The van der Waals surface area contributed by atoms with Crippen LogP contribution in [0.15, 0.2) is 30.5 Å². The van der Waals surface area contributed by atoms with Crippen LogP contribution in [0.3, 0.4) is 0 Å². The number of piperidine rings is 2. The van der Waals surface area contributed by atoms with Crippen LogP contribution in [0.2, 0.25) is 0 Å². The summed E-state index contributed by atoms with van der Waals surface area (Å²) in [5.74, 6) is 0.656. The number of ether oxygens (including phenoxy) is 2. The van der Waals surface area contributed by atoms with Crippen molar-refractivity contribution in [3.63, 3.8) is 0 Å². The lowest BCUT2D eigenvalue weighted by Crippen LogP contribution is -2.50. The molecule has 0 spiro atoms. The van der Waals surface area contributed by atoms with Crippen molar-refractivity contribution in [2.45, 2.75) is 131 Å². The number of pyridine rings is 2. The van der Waals surface area contributed by atoms with Crippen molar-refractivity contribution in [3.05, 3.63) is 58.7 Å². The number of carbonyl (C=O) groups is 3. The van der Waals surface area contributed by atoms with Gasteiger partial charge in [0.1, 0.15) is 22.7 Å². The Balaban J connectivity index is 0.000000226. The lowest BCUT2D eigenvalue weighted by atomic mass is 10.00. The molecule has 3 aromatic heterocycles. The zero-order valence-corrected chi connectivity index (χ0v) is 33.2. The van der Waals surface area contributed by atoms with Crippen molar-refractivity contribution in [1.82, 2.24) is 24.2 Å². The summed E-state index contributed by atoms with van der Waals surface area (Å²) in [7, 11) is 0. The van der Waals surface area contributed by atoms with E-state index in [9.17, 15) is 14.4 Å². The molecule has 2 fully saturated rings. The third-order valence-electron chi connectivity index (χ3n) is 8.15. The predicted octanol–water partition coefficient (Wildman–Crippen LogP) is 8.43. The number of Topliss-reactive ketones (excluding diaryl/α,β-unsaturated/α-hetero) is 1. The number of imidazole rings is 1. The van der Waals surface area contributed by atoms with Gasteiger partial charge < -0.3 is 19.6 Å². The molecule has 12 heteroatoms. The van der Waals surface area contributed by atoms with Gasteiger partial charge in [0.2, 0.25) is 0 Å². The molecule has 11 nitrogen and oxygen atoms in total. The summed E-state index contributed by atoms with van der Waals surface area (Å²) in [5, 5.41) is 0.289. The quantitative estimate of drug-likeness (QED) is 0.264. The number of aryl methyl sites for hydroxylation is 4. The molecule has 276 valence electrons. The van der Waals surface area contributed by atoms with Gasteiger partial charge in [0.25, 0.3) is 0 Å². The smallest absolute Gasteiger partial charge is 0.410 e. The Kier molecular flexibility index (Phi) is 14.3. The molecule has 2 aliphatic heterocycles. The first-order chi connectivity index (χ1) is 23.3. The second-order valence-corrected chi connectivity index (χ2v) is 15.8. The van der Waals surface area contributed by atoms with E-state index in [-0.39, 0.29) is 35.4 Å². The second kappa shape index (κ2) is 17.5. The van der Waals surface area contributed by atoms with Crippen LogP contribution in [0.1, 0.15) is 114 Å². The number of nitrogen functional groups attached to an aromatic ring is 1. The average molecular weight is 758 g/mol. The molecule has 2 aliphatic rings. The Morgan fingerprint density at radius 3 is 1.92 bits per heavy atom. The van der Waals surface area contributed by atoms with Gasteiger partial charge in [-0.3, -0.25) is 14.6 Å². The molecular formula is C38H57BrN6O5. The summed E-state index contributed by atoms with van der Waals surface area (Å²) >= 11 is 3.16. The van der Waals surface area contributed by atoms with Crippen molar-refractivity contribution >= 4 is 45.4 Å². The molecule has 0 aromatic carbocycles. The highest BCUT2D eigenvalue weighted by atomic mass is 79.9. The molecule has 0 radical (unpaired) electrons. The summed E-state index contributed by atoms with van der Waals surface area (Å²) in [5.41, 5.74) is 10.8. The monoisotopic (exact) mass is 756 g/mol. The molecule has 5 heterocycles. The third-order valence-corrected chi connectivity index (χ3v) is 8.70. The van der Waals surface area contributed by atoms with E-state index in [0.717, 1.165) is 67.8 Å². The Hall–Kier alpha value is -3.67. The van der Waals surface area contributed by atoms with Gasteiger partial charge in [0.15, 0.2) is 5.78 Å². The van der Waals surface area contributed by atoms with Gasteiger partial charge in [-0.2, -0.15) is 0 Å². The first-order valence-corrected chi connectivity index (χ1v) is 18.6. The topological polar surface area (TPSA) is 132 Å². The Morgan fingerprint density at radius 2 is 1.36 bits per heavy atom. The van der Waals surface area contributed by atoms with Crippen LogP contribution in [-0.2, 0) is 14.3 Å². The van der Waals surface area contributed by atoms with Gasteiger partial charge in [-0.1, -0.05) is 15.9 Å². The van der Waals surface area contributed by atoms with Gasteiger partial charge in [-0.15, -0.1) is 0 Å². The van der Waals surface area contributed by atoms with E-state index in [2.05, 4.69) is 57.5 Å². The van der Waals surface area contributed by atoms with E-state index in [1.807, 2.05) is 72.4 Å². The number of carbonyl (C=O) groups excluding carboxylic acids is 3. The maximum atomic E-state index is 12.6. The zero-order chi connectivity index (χ0) is 37.4. The second-order valence-electron chi connectivity index (χ2n) is 15.2. The molecule has 0 aliphatic carbocycles. The number of rotatable bonds is 3. The standard InChI is InChI=1S/C19H27N3O2.C12H20BrNO3.C7H10N2/c1-13-10-14(2)22-12-15(20-17(22)11-13)16-8-6-7-9-21(16)18(23)24-19(3,4)5;1-12(2,3)17-11(16)14-7-5-4-6-9(14)10(15)8-13;1-5-3-6(2)9-7(8)4-5/h10-12,16H,6-9H2,1-5H3;9H,4-8H2,1-3H3;3-4H,1-2H3,(H2,8,9)/t16-;9-;/m00./s1. The van der Waals surface area contributed by atoms with Crippen molar-refractivity contribution in [3.8, 4) is 0 Å². The molecule has 3 aromatic rings. The minimum atomic E-state index is -0.517. The number of ketones is 1. The fraction of sp³-hybridized carbons (Fsp3) is 0.605. The first kappa shape index (κ1) is 40.8. The molecule has 2 N–H and O–H groups in total. The molecule has 5 rings (SSSR count). The van der Waals surface area contributed by atoms with Gasteiger partial charge in [-0.25, -0.2) is 19.6 Å². The molecule has 2 saturated heterocycles. The van der Waals surface area contributed by atoms with Gasteiger partial charge in [0, 0.05) is 30.7 Å². The van der Waals surface area contributed by atoms with Crippen LogP contribution >= 0.6 is 15.9 Å². The van der Waals surface area contributed by atoms with E-state index in [1.165, 1.54) is 11.1 Å². The van der Waals surface area contributed by atoms with E-state index in [1.54, 1.807) is 4.90 Å². The normalized spacial score (nSPS) is 18.0. The highest BCUT2D eigenvalue weighted by molar-refractivity contribution is 9.09. The number of hydrogen-bond acceptors (Lipinski definition) is 8. The number of halogens is 1. The number of anilines is 1. The molecule has 0 bridgehead atoms. The van der Waals surface area contributed by atoms with Gasteiger partial charge >= 0.3 is 12.2 Å². The molecule has 50 heavy (non-hydrogen) atoms. The summed E-state index contributed by atoms with van der Waals surface area (Å²) in [4.78, 5) is 48.6. The number of aromatic nitrogens is 3. The number of nitrogens with two attached hydrogens (primary N) is 1. The zero-order valence-electron chi connectivity index (χ0n) is 31.6. The third kappa shape index (κ3) is 12.3. The van der Waals surface area contributed by atoms with Crippen LogP contribution in [0.5, 0.6) is 0 Å². The highest BCUT2D eigenvalue weighted by Crippen LogP contribution is 2.32. The Labute approximate surface area is 306 Å². The van der Waals surface area contributed by atoms with Crippen LogP contribution < -0.4 is 5.73 Å². The van der Waals surface area contributed by atoms with Crippen LogP contribution in [0.25, 0.3) is 5.65 Å². The lowest BCUT2D eigenvalue weighted by Gasteiger charge is -2.35. The number of alkyl halides is 1. The maximum absolute atomic E-state index is 12.6. The van der Waals surface area contributed by atoms with Crippen molar-refractivity contribution in [2.75, 3.05) is 24.2 Å². The number of likely N-dealkylation sites (tertiary alicyclic amines) is 2. The molecule has 2 amide bonds. The molecule has 0 unspecified atom stereocenters. The Bertz CT molecular complexity index is 1580. The van der Waals surface area contributed by atoms with Gasteiger partial charge in [0.05, 0.1) is 23.1 Å². The number of hydrogen-bond donors (Lipinski definition) is 1. The largest absolute Gasteiger partial charge is 0.444 e. The lowest BCUT2D eigenvalue weighted by molar-refractivity contribution is -0.122. The van der Waals surface area contributed by atoms with E-state index in [4.69, 9.17) is 20.2 Å². The summed E-state index contributed by atoms with van der Waals surface area (Å²) < 4.78 is 13.0. The van der Waals surface area contributed by atoms with Crippen molar-refractivity contribution < 1.29 is 23.9 Å². The fourth-order valence-electron chi connectivity index (χ4n) is 6.15. The molecule has 0 saturated carbocycles. The fourth-order valence-corrected chi connectivity index (χ4v) is 6.52. The SMILES string of the molecule is CC(C)(C)OC(=O)N1CCCC[C@H]1C(=O)CBr.Cc1cc(C)n2cc([C@@H]3CCCCN3C(=O)OC(C)(C)C)nc2c1.Cc1cc(C)nc(N)c1. The van der Waals surface area contributed by atoms with Crippen molar-refractivity contribution in [2.24, 2.45) is 0 Å². The number of amides is 2. The number of nitrogens with zero attached hydrogens (tertiary/aromatic N) is 5. The van der Waals surface area contributed by atoms with Crippen molar-refractivity contribution in [1.29, 1.82) is 0 Å². The molecule has 2 atom stereocenters. The summed E-state index contributed by atoms with van der Waals surface area (Å²) in [6.07, 6.45) is 7.17. The first-order valence-electron chi connectivity index (χ1n) is 17.5. The minimum absolute atomic E-state index is 0.00629. The molecular weight excluding hydrogens is 700 g/mol. The highest BCUT2D eigenvalue weighted by Gasteiger charge is 2.35. The minimum Gasteiger partial charge on any atom is -0.444 e. The van der Waals surface area contributed by atoms with E-state index >= 15 is 0 Å². The summed E-state index contributed by atoms with van der Waals surface area (Å²) in [6, 6.07) is 7.75. The van der Waals surface area contributed by atoms with E-state index < -0.39 is 11.2 Å². The van der Waals surface area contributed by atoms with Gasteiger partial charge in [-0.05, 0) is 143 Å². The van der Waals surface area contributed by atoms with Crippen LogP contribution in [0, 0.1) is 27.7 Å². The number of fused-ring (bicyclic) bond motifs is 1. The predicted molar refractivity (Wildman–Crippen MR) is 202 cm³/mol.